The summed E-state index contributed by atoms with van der Waals surface area (Å²) in [5, 5.41) is 5.52. The van der Waals surface area contributed by atoms with Crippen molar-refractivity contribution in [2.24, 2.45) is 17.1 Å². The molecule has 3 amide bonds. The summed E-state index contributed by atoms with van der Waals surface area (Å²) in [5.41, 5.74) is 6.49. The van der Waals surface area contributed by atoms with Crippen LogP contribution in [0.3, 0.4) is 0 Å². The Morgan fingerprint density at radius 3 is 1.84 bits per heavy atom. The van der Waals surface area contributed by atoms with Gasteiger partial charge < -0.3 is 49.7 Å². The number of carbonyl (C=O) groups is 4. The summed E-state index contributed by atoms with van der Waals surface area (Å²) in [6.45, 7) is 12.2. The molecular weight excluding hydrogens is 644 g/mol. The molecule has 0 aromatic carbocycles. The van der Waals surface area contributed by atoms with E-state index in [0.717, 1.165) is 32.1 Å². The lowest BCUT2D eigenvalue weighted by Gasteiger charge is -2.33. The number of hydrogen-bond donors (Lipinski definition) is 3. The van der Waals surface area contributed by atoms with Crippen molar-refractivity contribution in [3.63, 3.8) is 0 Å². The molecule has 1 heterocycles. The fourth-order valence-corrected chi connectivity index (χ4v) is 6.29. The Bertz CT molecular complexity index is 897. The first-order chi connectivity index (χ1) is 24.3. The largest absolute Gasteiger partial charge is 0.379 e. The molecule has 1 aliphatic heterocycles. The van der Waals surface area contributed by atoms with E-state index in [4.69, 9.17) is 29.4 Å². The number of hydrogen-bond acceptors (Lipinski definition) is 10. The predicted octanol–water partition coefficient (Wildman–Crippen LogP) is 3.40. The van der Waals surface area contributed by atoms with Gasteiger partial charge in [-0.05, 0) is 50.0 Å². The highest BCUT2D eigenvalue weighted by Crippen LogP contribution is 2.35. The molecule has 1 aliphatic rings. The van der Waals surface area contributed by atoms with E-state index in [2.05, 4.69) is 24.5 Å². The third-order valence-corrected chi connectivity index (χ3v) is 9.13. The van der Waals surface area contributed by atoms with Gasteiger partial charge in [0.15, 0.2) is 0 Å². The van der Waals surface area contributed by atoms with E-state index in [1.54, 1.807) is 0 Å². The van der Waals surface area contributed by atoms with Gasteiger partial charge in [0.05, 0.1) is 78.7 Å². The molecule has 1 rings (SSSR count). The number of ether oxygens (including phenoxy) is 5. The van der Waals surface area contributed by atoms with E-state index in [1.165, 1.54) is 49.8 Å². The first kappa shape index (κ1) is 45.9. The van der Waals surface area contributed by atoms with Gasteiger partial charge in [0.1, 0.15) is 6.29 Å². The summed E-state index contributed by atoms with van der Waals surface area (Å²) < 4.78 is 27.4. The zero-order valence-electron chi connectivity index (χ0n) is 31.5. The van der Waals surface area contributed by atoms with Crippen molar-refractivity contribution in [2.45, 2.75) is 110 Å². The van der Waals surface area contributed by atoms with E-state index in [9.17, 15) is 19.2 Å². The molecule has 0 spiro atoms. The maximum atomic E-state index is 12.3. The van der Waals surface area contributed by atoms with E-state index < -0.39 is 6.04 Å². The van der Waals surface area contributed by atoms with Gasteiger partial charge in [-0.3, -0.25) is 14.4 Å². The predicted molar refractivity (Wildman–Crippen MR) is 194 cm³/mol. The van der Waals surface area contributed by atoms with E-state index >= 15 is 0 Å². The minimum atomic E-state index is -0.398. The van der Waals surface area contributed by atoms with Crippen LogP contribution in [0.5, 0.6) is 0 Å². The molecule has 0 saturated carbocycles. The summed E-state index contributed by atoms with van der Waals surface area (Å²) in [6, 6.07) is -0.398. The van der Waals surface area contributed by atoms with Gasteiger partial charge in [-0.25, -0.2) is 0 Å². The van der Waals surface area contributed by atoms with Crippen LogP contribution in [0.4, 0.5) is 0 Å². The number of nitrogens with two attached hydrogens (primary N) is 1. The molecule has 50 heavy (non-hydrogen) atoms. The molecule has 0 aromatic rings. The third-order valence-electron chi connectivity index (χ3n) is 9.13. The molecule has 13 heteroatoms. The number of likely N-dealkylation sites (tertiary alicyclic amines) is 1. The average Bonchev–Trinajstić information content (AvgIpc) is 3.50. The van der Waals surface area contributed by atoms with Crippen LogP contribution in [-0.2, 0) is 42.9 Å². The summed E-state index contributed by atoms with van der Waals surface area (Å²) in [4.78, 5) is 49.0. The van der Waals surface area contributed by atoms with Gasteiger partial charge in [0.2, 0.25) is 17.7 Å². The topological polar surface area (TPSA) is 168 Å². The molecule has 2 unspecified atom stereocenters. The van der Waals surface area contributed by atoms with Crippen LogP contribution in [0.15, 0.2) is 0 Å². The maximum absolute atomic E-state index is 12.3. The van der Waals surface area contributed by atoms with Crippen molar-refractivity contribution in [3.8, 4) is 0 Å². The summed E-state index contributed by atoms with van der Waals surface area (Å²) in [5.74, 6) is -0.162. The van der Waals surface area contributed by atoms with E-state index in [-0.39, 0.29) is 48.6 Å². The second-order valence-electron chi connectivity index (χ2n) is 13.5. The lowest BCUT2D eigenvalue weighted by molar-refractivity contribution is -0.135. The van der Waals surface area contributed by atoms with Crippen LogP contribution in [0.2, 0.25) is 0 Å². The van der Waals surface area contributed by atoms with Crippen molar-refractivity contribution < 1.29 is 42.9 Å². The van der Waals surface area contributed by atoms with Crippen molar-refractivity contribution >= 4 is 24.0 Å². The lowest BCUT2D eigenvalue weighted by atomic mass is 9.74. The second-order valence-corrected chi connectivity index (χ2v) is 13.5. The van der Waals surface area contributed by atoms with Gasteiger partial charge in [-0.1, -0.05) is 59.3 Å². The molecule has 0 aromatic heterocycles. The first-order valence-corrected chi connectivity index (χ1v) is 19.2. The van der Waals surface area contributed by atoms with Gasteiger partial charge in [0, 0.05) is 25.9 Å². The molecule has 3 atom stereocenters. The number of rotatable bonds is 34. The highest BCUT2D eigenvalue weighted by atomic mass is 16.6. The van der Waals surface area contributed by atoms with Crippen molar-refractivity contribution in [1.29, 1.82) is 0 Å². The highest BCUT2D eigenvalue weighted by Gasteiger charge is 2.32. The van der Waals surface area contributed by atoms with Gasteiger partial charge >= 0.3 is 0 Å². The van der Waals surface area contributed by atoms with Crippen LogP contribution in [0, 0.1) is 11.3 Å². The third kappa shape index (κ3) is 22.6. The fourth-order valence-electron chi connectivity index (χ4n) is 6.29. The first-order valence-electron chi connectivity index (χ1n) is 19.2. The molecular formula is C37H70N4O9. The molecule has 1 fully saturated rings. The van der Waals surface area contributed by atoms with Crippen molar-refractivity contribution in [2.75, 3.05) is 92.2 Å². The molecule has 292 valence electrons. The number of nitrogens with zero attached hydrogens (tertiary/aromatic N) is 1. The average molecular weight is 715 g/mol. The van der Waals surface area contributed by atoms with Gasteiger partial charge in [-0.15, -0.1) is 0 Å². The summed E-state index contributed by atoms with van der Waals surface area (Å²) >= 11 is 0. The SMILES string of the molecule is CCCCCC(CN)(CCC)CCCCCC(=O)NCCOCCOCCOCCOCCOCCC(=O)NCC(=O)N1CC(C)C[C@H]1C=O. The maximum Gasteiger partial charge on any atom is 0.242 e. The van der Waals surface area contributed by atoms with E-state index in [1.807, 2.05) is 6.92 Å². The number of carbonyl (C=O) groups excluding carboxylic acids is 4. The summed E-state index contributed by atoms with van der Waals surface area (Å²) in [7, 11) is 0. The van der Waals surface area contributed by atoms with Crippen molar-refractivity contribution in [3.05, 3.63) is 0 Å². The number of unbranched alkanes of at least 4 members (excludes halogenated alkanes) is 4. The van der Waals surface area contributed by atoms with Gasteiger partial charge in [-0.2, -0.15) is 0 Å². The molecule has 0 bridgehead atoms. The van der Waals surface area contributed by atoms with Crippen LogP contribution in [0.1, 0.15) is 104 Å². The minimum absolute atomic E-state index is 0.0781. The summed E-state index contributed by atoms with van der Waals surface area (Å²) in [6.07, 6.45) is 13.8. The smallest absolute Gasteiger partial charge is 0.242 e. The molecule has 0 aliphatic carbocycles. The Labute approximate surface area is 301 Å². The minimum Gasteiger partial charge on any atom is -0.379 e. The molecule has 13 nitrogen and oxygen atoms in total. The quantitative estimate of drug-likeness (QED) is 0.0664. The standard InChI is InChI=1S/C37H70N4O9/c1-4-6-9-14-37(31-38,13-5-2)15-10-7-8-11-34(43)39-16-18-47-20-22-49-24-26-50-25-23-48-21-19-46-17-12-35(44)40-28-36(45)41-29-32(3)27-33(41)30-42/h30,32-33H,4-29,31,38H2,1-3H3,(H,39,43)(H,40,44)/t32?,33-,37?/m0/s1. The number of amides is 3. The van der Waals surface area contributed by atoms with Crippen LogP contribution < -0.4 is 16.4 Å². The van der Waals surface area contributed by atoms with Crippen LogP contribution in [-0.4, -0.2) is 127 Å². The van der Waals surface area contributed by atoms with Crippen molar-refractivity contribution in [1.82, 2.24) is 15.5 Å². The monoisotopic (exact) mass is 715 g/mol. The Balaban J connectivity index is 1.84. The highest BCUT2D eigenvalue weighted by molar-refractivity contribution is 5.86. The Hall–Kier alpha value is -2.16. The molecule has 1 saturated heterocycles. The Kier molecular flexibility index (Phi) is 27.9. The zero-order valence-corrected chi connectivity index (χ0v) is 31.5. The fraction of sp³-hybridized carbons (Fsp3) is 0.892. The van der Waals surface area contributed by atoms with Crippen LogP contribution in [0.25, 0.3) is 0 Å². The number of aldehydes is 1. The Morgan fingerprint density at radius 2 is 1.28 bits per heavy atom. The molecule has 4 N–H and O–H groups in total. The van der Waals surface area contributed by atoms with Crippen LogP contribution >= 0.6 is 0 Å². The van der Waals surface area contributed by atoms with Gasteiger partial charge in [0.25, 0.3) is 0 Å². The lowest BCUT2D eigenvalue weighted by Crippen LogP contribution is -2.43. The zero-order chi connectivity index (χ0) is 36.7. The second kappa shape index (κ2) is 30.5. The Morgan fingerprint density at radius 1 is 0.720 bits per heavy atom. The van der Waals surface area contributed by atoms with E-state index in [0.29, 0.717) is 85.4 Å². The number of nitrogens with one attached hydrogen (secondary N) is 2. The molecule has 0 radical (unpaired) electrons. The normalized spacial score (nSPS) is 17.1.